The molecule has 0 saturated heterocycles. The van der Waals surface area contributed by atoms with Crippen LogP contribution in [0.1, 0.15) is 15.4 Å². The number of hydrogen-bond donors (Lipinski definition) is 1. The summed E-state index contributed by atoms with van der Waals surface area (Å²) in [6.45, 7) is 0.645. The smallest absolute Gasteiger partial charge is 0.287 e. The molecule has 1 amide bonds. The summed E-state index contributed by atoms with van der Waals surface area (Å²) in [7, 11) is 0. The van der Waals surface area contributed by atoms with Crippen LogP contribution in [0.25, 0.3) is 11.0 Å². The molecule has 2 heterocycles. The van der Waals surface area contributed by atoms with Crippen molar-refractivity contribution in [2.45, 2.75) is 5.75 Å². The third-order valence-electron chi connectivity index (χ3n) is 3.01. The van der Waals surface area contributed by atoms with Crippen LogP contribution in [0.5, 0.6) is 0 Å². The second kappa shape index (κ2) is 6.83. The Labute approximate surface area is 131 Å². The number of carbonyl (C=O) groups is 1. The molecule has 0 aliphatic heterocycles. The zero-order chi connectivity index (χ0) is 14.5. The fourth-order valence-electron chi connectivity index (χ4n) is 1.99. The maximum Gasteiger partial charge on any atom is 0.287 e. The van der Waals surface area contributed by atoms with E-state index >= 15 is 0 Å². The van der Waals surface area contributed by atoms with Gasteiger partial charge in [0.2, 0.25) is 0 Å². The molecule has 0 spiro atoms. The molecule has 0 aliphatic rings. The van der Waals surface area contributed by atoms with Gasteiger partial charge in [0.25, 0.3) is 5.91 Å². The second-order valence-electron chi connectivity index (χ2n) is 4.54. The van der Waals surface area contributed by atoms with Gasteiger partial charge in [0.05, 0.1) is 0 Å². The van der Waals surface area contributed by atoms with Crippen molar-refractivity contribution in [3.63, 3.8) is 0 Å². The number of rotatable bonds is 6. The van der Waals surface area contributed by atoms with Gasteiger partial charge in [0, 0.05) is 28.3 Å². The predicted molar refractivity (Wildman–Crippen MR) is 89.0 cm³/mol. The zero-order valence-corrected chi connectivity index (χ0v) is 13.0. The molecule has 0 saturated carbocycles. The molecule has 5 heteroatoms. The SMILES string of the molecule is O=C(NCCSCc1cccs1)c1cc2ccccc2o1. The van der Waals surface area contributed by atoms with Crippen molar-refractivity contribution in [2.24, 2.45) is 0 Å². The van der Waals surface area contributed by atoms with Crippen LogP contribution in [0.15, 0.2) is 52.3 Å². The molecule has 108 valence electrons. The van der Waals surface area contributed by atoms with Crippen molar-refractivity contribution in [2.75, 3.05) is 12.3 Å². The van der Waals surface area contributed by atoms with Gasteiger partial charge in [0.1, 0.15) is 5.58 Å². The van der Waals surface area contributed by atoms with Crippen LogP contribution in [0.2, 0.25) is 0 Å². The third kappa shape index (κ3) is 3.68. The van der Waals surface area contributed by atoms with Gasteiger partial charge in [-0.05, 0) is 23.6 Å². The molecule has 3 nitrogen and oxygen atoms in total. The minimum Gasteiger partial charge on any atom is -0.451 e. The first-order valence-electron chi connectivity index (χ1n) is 6.70. The molecule has 21 heavy (non-hydrogen) atoms. The van der Waals surface area contributed by atoms with E-state index in [0.29, 0.717) is 12.3 Å². The highest BCUT2D eigenvalue weighted by atomic mass is 32.2. The molecule has 0 fully saturated rings. The first-order chi connectivity index (χ1) is 10.3. The largest absolute Gasteiger partial charge is 0.451 e. The van der Waals surface area contributed by atoms with Crippen molar-refractivity contribution in [1.29, 1.82) is 0 Å². The molecule has 0 radical (unpaired) electrons. The van der Waals surface area contributed by atoms with Gasteiger partial charge >= 0.3 is 0 Å². The van der Waals surface area contributed by atoms with E-state index in [-0.39, 0.29) is 5.91 Å². The molecule has 1 N–H and O–H groups in total. The lowest BCUT2D eigenvalue weighted by Gasteiger charge is -2.02. The van der Waals surface area contributed by atoms with Crippen LogP contribution in [0.3, 0.4) is 0 Å². The summed E-state index contributed by atoms with van der Waals surface area (Å²) in [5.41, 5.74) is 0.745. The molecule has 3 rings (SSSR count). The monoisotopic (exact) mass is 317 g/mol. The number of para-hydroxylation sites is 1. The van der Waals surface area contributed by atoms with Crippen molar-refractivity contribution in [3.8, 4) is 0 Å². The van der Waals surface area contributed by atoms with E-state index < -0.39 is 0 Å². The number of carbonyl (C=O) groups excluding carboxylic acids is 1. The fraction of sp³-hybridized carbons (Fsp3) is 0.188. The van der Waals surface area contributed by atoms with E-state index in [1.165, 1.54) is 4.88 Å². The summed E-state index contributed by atoms with van der Waals surface area (Å²) in [5.74, 6) is 2.12. The number of nitrogens with one attached hydrogen (secondary N) is 1. The Kier molecular flexibility index (Phi) is 4.62. The lowest BCUT2D eigenvalue weighted by Crippen LogP contribution is -2.25. The minimum atomic E-state index is -0.150. The maximum atomic E-state index is 12.0. The van der Waals surface area contributed by atoms with Gasteiger partial charge in [-0.1, -0.05) is 24.3 Å². The normalized spacial score (nSPS) is 10.9. The summed E-state index contributed by atoms with van der Waals surface area (Å²) < 4.78 is 5.53. The van der Waals surface area contributed by atoms with E-state index in [1.807, 2.05) is 36.0 Å². The molecule has 3 aromatic rings. The Morgan fingerprint density at radius 2 is 2.14 bits per heavy atom. The zero-order valence-electron chi connectivity index (χ0n) is 11.4. The Bertz CT molecular complexity index is 686. The van der Waals surface area contributed by atoms with Crippen molar-refractivity contribution in [3.05, 3.63) is 58.5 Å². The average Bonchev–Trinajstić information content (AvgIpc) is 3.15. The quantitative estimate of drug-likeness (QED) is 0.694. The predicted octanol–water partition coefficient (Wildman–Crippen LogP) is 4.16. The topological polar surface area (TPSA) is 42.2 Å². The van der Waals surface area contributed by atoms with E-state index in [9.17, 15) is 4.79 Å². The lowest BCUT2D eigenvalue weighted by atomic mass is 10.2. The minimum absolute atomic E-state index is 0.150. The molecular formula is C16H15NO2S2. The highest BCUT2D eigenvalue weighted by Crippen LogP contribution is 2.19. The molecule has 0 bridgehead atoms. The van der Waals surface area contributed by atoms with E-state index in [2.05, 4.69) is 22.8 Å². The summed E-state index contributed by atoms with van der Waals surface area (Å²) in [6, 6.07) is 13.6. The number of furan rings is 1. The third-order valence-corrected chi connectivity index (χ3v) is 5.07. The van der Waals surface area contributed by atoms with Crippen LogP contribution in [0, 0.1) is 0 Å². The highest BCUT2D eigenvalue weighted by molar-refractivity contribution is 7.98. The summed E-state index contributed by atoms with van der Waals surface area (Å²) in [5, 5.41) is 5.93. The molecule has 0 aliphatic carbocycles. The fourth-order valence-corrected chi connectivity index (χ4v) is 3.68. The molecule has 0 unspecified atom stereocenters. The second-order valence-corrected chi connectivity index (χ2v) is 6.67. The maximum absolute atomic E-state index is 12.0. The van der Waals surface area contributed by atoms with Crippen LogP contribution in [-0.2, 0) is 5.75 Å². The van der Waals surface area contributed by atoms with Crippen LogP contribution in [-0.4, -0.2) is 18.2 Å². The van der Waals surface area contributed by atoms with E-state index in [0.717, 1.165) is 22.5 Å². The Morgan fingerprint density at radius 3 is 2.95 bits per heavy atom. The Hall–Kier alpha value is -1.72. The van der Waals surface area contributed by atoms with Gasteiger partial charge < -0.3 is 9.73 Å². The van der Waals surface area contributed by atoms with Gasteiger partial charge in [-0.25, -0.2) is 0 Å². The molecule has 0 atom stereocenters. The number of benzene rings is 1. The van der Waals surface area contributed by atoms with Gasteiger partial charge in [-0.15, -0.1) is 11.3 Å². The van der Waals surface area contributed by atoms with Crippen LogP contribution < -0.4 is 5.32 Å². The first-order valence-corrected chi connectivity index (χ1v) is 8.73. The first kappa shape index (κ1) is 14.2. The number of thiophene rings is 1. The van der Waals surface area contributed by atoms with Crippen molar-refractivity contribution in [1.82, 2.24) is 5.32 Å². The number of thioether (sulfide) groups is 1. The van der Waals surface area contributed by atoms with Gasteiger partial charge in [0.15, 0.2) is 5.76 Å². The van der Waals surface area contributed by atoms with Crippen molar-refractivity contribution >= 4 is 40.0 Å². The average molecular weight is 317 g/mol. The van der Waals surface area contributed by atoms with E-state index in [1.54, 1.807) is 17.4 Å². The summed E-state index contributed by atoms with van der Waals surface area (Å²) in [6.07, 6.45) is 0. The summed E-state index contributed by atoms with van der Waals surface area (Å²) >= 11 is 3.58. The lowest BCUT2D eigenvalue weighted by molar-refractivity contribution is 0.0930. The Balaban J connectivity index is 1.45. The Morgan fingerprint density at radius 1 is 1.24 bits per heavy atom. The van der Waals surface area contributed by atoms with Gasteiger partial charge in [-0.3, -0.25) is 4.79 Å². The molecular weight excluding hydrogens is 302 g/mol. The molecule has 2 aromatic heterocycles. The number of fused-ring (bicyclic) bond motifs is 1. The standard InChI is InChI=1S/C16H15NO2S2/c18-16(15-10-12-4-1-2-6-14(12)19-15)17-7-9-20-11-13-5-3-8-21-13/h1-6,8,10H,7,9,11H2,(H,17,18). The van der Waals surface area contributed by atoms with Crippen molar-refractivity contribution < 1.29 is 9.21 Å². The van der Waals surface area contributed by atoms with Gasteiger partial charge in [-0.2, -0.15) is 11.8 Å². The number of amides is 1. The highest BCUT2D eigenvalue weighted by Gasteiger charge is 2.11. The number of hydrogen-bond acceptors (Lipinski definition) is 4. The van der Waals surface area contributed by atoms with E-state index in [4.69, 9.17) is 4.42 Å². The molecule has 1 aromatic carbocycles. The summed E-state index contributed by atoms with van der Waals surface area (Å²) in [4.78, 5) is 13.4. The van der Waals surface area contributed by atoms with Crippen LogP contribution in [0.4, 0.5) is 0 Å². The van der Waals surface area contributed by atoms with Crippen LogP contribution >= 0.6 is 23.1 Å².